The van der Waals surface area contributed by atoms with Gasteiger partial charge in [0.15, 0.2) is 16.8 Å². The first kappa shape index (κ1) is 15.6. The lowest BCUT2D eigenvalue weighted by Crippen LogP contribution is -2.19. The van der Waals surface area contributed by atoms with E-state index in [9.17, 15) is 13.6 Å². The molecule has 1 atom stereocenters. The zero-order chi connectivity index (χ0) is 15.4. The maximum Gasteiger partial charge on any atom is 0.228 e. The van der Waals surface area contributed by atoms with E-state index in [-0.39, 0.29) is 11.8 Å². The molecule has 0 saturated carbocycles. The van der Waals surface area contributed by atoms with Crippen LogP contribution >= 0.6 is 11.3 Å². The predicted octanol–water partition coefficient (Wildman–Crippen LogP) is 4.00. The first-order valence-corrected chi connectivity index (χ1v) is 7.50. The summed E-state index contributed by atoms with van der Waals surface area (Å²) in [6.07, 6.45) is 2.85. The van der Waals surface area contributed by atoms with Gasteiger partial charge in [-0.05, 0) is 24.1 Å². The number of aromatic nitrogens is 1. The van der Waals surface area contributed by atoms with Gasteiger partial charge in [-0.1, -0.05) is 19.9 Å². The minimum absolute atomic E-state index is 0.0637. The molecular formula is C15H16F2N2OS. The Balaban J connectivity index is 2.03. The van der Waals surface area contributed by atoms with Crippen LogP contribution in [0.3, 0.4) is 0 Å². The van der Waals surface area contributed by atoms with E-state index in [2.05, 4.69) is 10.3 Å². The Kier molecular flexibility index (Phi) is 5.01. The largest absolute Gasteiger partial charge is 0.302 e. The van der Waals surface area contributed by atoms with Crippen molar-refractivity contribution in [2.45, 2.75) is 26.7 Å². The van der Waals surface area contributed by atoms with Crippen molar-refractivity contribution >= 4 is 22.4 Å². The summed E-state index contributed by atoms with van der Waals surface area (Å²) in [5.41, 5.74) is 0.664. The Morgan fingerprint density at radius 2 is 2.14 bits per heavy atom. The molecule has 1 amide bonds. The Labute approximate surface area is 126 Å². The van der Waals surface area contributed by atoms with Gasteiger partial charge in [0.25, 0.3) is 0 Å². The van der Waals surface area contributed by atoms with Crippen LogP contribution < -0.4 is 5.32 Å². The number of carbonyl (C=O) groups is 1. The standard InChI is InChI=1S/C15H16F2N2OS/c1-3-9(2)14(20)19-15-18-8-11(21-15)6-10-4-5-12(16)13(17)7-10/h4-5,7-9H,3,6H2,1-2H3,(H,18,19,20)/t9-/m0/s1. The summed E-state index contributed by atoms with van der Waals surface area (Å²) in [4.78, 5) is 16.8. The maximum absolute atomic E-state index is 13.1. The molecule has 3 nitrogen and oxygen atoms in total. The predicted molar refractivity (Wildman–Crippen MR) is 79.4 cm³/mol. The van der Waals surface area contributed by atoms with Crippen molar-refractivity contribution in [2.24, 2.45) is 5.92 Å². The topological polar surface area (TPSA) is 42.0 Å². The van der Waals surface area contributed by atoms with Gasteiger partial charge < -0.3 is 5.32 Å². The third-order valence-electron chi connectivity index (χ3n) is 3.21. The highest BCUT2D eigenvalue weighted by Crippen LogP contribution is 2.22. The first-order chi connectivity index (χ1) is 9.99. The van der Waals surface area contributed by atoms with Crippen molar-refractivity contribution in [1.82, 2.24) is 4.98 Å². The number of hydrogen-bond donors (Lipinski definition) is 1. The molecule has 1 aromatic carbocycles. The average Bonchev–Trinajstić information content (AvgIpc) is 2.89. The lowest BCUT2D eigenvalue weighted by Gasteiger charge is -2.06. The van der Waals surface area contributed by atoms with E-state index in [4.69, 9.17) is 0 Å². The number of hydrogen-bond acceptors (Lipinski definition) is 3. The highest BCUT2D eigenvalue weighted by molar-refractivity contribution is 7.15. The number of thiazole rings is 1. The number of amides is 1. The Morgan fingerprint density at radius 1 is 1.38 bits per heavy atom. The van der Waals surface area contributed by atoms with Gasteiger partial charge in [-0.3, -0.25) is 4.79 Å². The van der Waals surface area contributed by atoms with E-state index in [0.29, 0.717) is 17.1 Å². The highest BCUT2D eigenvalue weighted by Gasteiger charge is 2.13. The van der Waals surface area contributed by atoms with Gasteiger partial charge in [0, 0.05) is 23.4 Å². The van der Waals surface area contributed by atoms with Crippen LogP contribution in [0.5, 0.6) is 0 Å². The van der Waals surface area contributed by atoms with Crippen molar-refractivity contribution in [3.63, 3.8) is 0 Å². The lowest BCUT2D eigenvalue weighted by molar-refractivity contribution is -0.119. The summed E-state index contributed by atoms with van der Waals surface area (Å²) in [5, 5.41) is 3.28. The molecule has 1 N–H and O–H groups in total. The smallest absolute Gasteiger partial charge is 0.228 e. The minimum atomic E-state index is -0.859. The molecule has 0 unspecified atom stereocenters. The summed E-state index contributed by atoms with van der Waals surface area (Å²) < 4.78 is 26.0. The second-order valence-corrected chi connectivity index (χ2v) is 5.97. The van der Waals surface area contributed by atoms with Gasteiger partial charge in [0.05, 0.1) is 0 Å². The number of rotatable bonds is 5. The van der Waals surface area contributed by atoms with Gasteiger partial charge in [0.2, 0.25) is 5.91 Å². The van der Waals surface area contributed by atoms with Gasteiger partial charge in [-0.25, -0.2) is 13.8 Å². The van der Waals surface area contributed by atoms with Gasteiger partial charge in [-0.2, -0.15) is 0 Å². The van der Waals surface area contributed by atoms with Crippen molar-refractivity contribution in [3.8, 4) is 0 Å². The fourth-order valence-electron chi connectivity index (χ4n) is 1.71. The third kappa shape index (κ3) is 4.07. The lowest BCUT2D eigenvalue weighted by atomic mass is 10.1. The second kappa shape index (κ2) is 6.76. The summed E-state index contributed by atoms with van der Waals surface area (Å²) in [5.74, 6) is -1.85. The molecular weight excluding hydrogens is 294 g/mol. The van der Waals surface area contributed by atoms with Crippen LogP contribution in [0.2, 0.25) is 0 Å². The second-order valence-electron chi connectivity index (χ2n) is 4.86. The van der Waals surface area contributed by atoms with Crippen LogP contribution in [-0.2, 0) is 11.2 Å². The molecule has 0 aliphatic carbocycles. The van der Waals surface area contributed by atoms with E-state index in [0.717, 1.165) is 17.4 Å². The quantitative estimate of drug-likeness (QED) is 0.907. The Bertz CT molecular complexity index is 642. The Morgan fingerprint density at radius 3 is 2.81 bits per heavy atom. The monoisotopic (exact) mass is 310 g/mol. The average molecular weight is 310 g/mol. The number of halogens is 2. The first-order valence-electron chi connectivity index (χ1n) is 6.69. The van der Waals surface area contributed by atoms with Crippen LogP contribution in [0.15, 0.2) is 24.4 Å². The molecule has 0 radical (unpaired) electrons. The molecule has 0 saturated heterocycles. The molecule has 0 aliphatic heterocycles. The van der Waals surface area contributed by atoms with Gasteiger partial charge in [-0.15, -0.1) is 11.3 Å². The maximum atomic E-state index is 13.1. The summed E-state index contributed by atoms with van der Waals surface area (Å²) in [6.45, 7) is 3.80. The SMILES string of the molecule is CC[C@H](C)C(=O)Nc1ncc(Cc2ccc(F)c(F)c2)s1. The molecule has 0 fully saturated rings. The van der Waals surface area contributed by atoms with Crippen molar-refractivity contribution in [2.75, 3.05) is 5.32 Å². The molecule has 0 bridgehead atoms. The Hall–Kier alpha value is -1.82. The molecule has 21 heavy (non-hydrogen) atoms. The minimum Gasteiger partial charge on any atom is -0.302 e. The van der Waals surface area contributed by atoms with Crippen molar-refractivity contribution < 1.29 is 13.6 Å². The van der Waals surface area contributed by atoms with Crippen LogP contribution in [0, 0.1) is 17.6 Å². The summed E-state index contributed by atoms with van der Waals surface area (Å²) >= 11 is 1.33. The molecule has 0 spiro atoms. The van der Waals surface area contributed by atoms with Crippen LogP contribution in [0.1, 0.15) is 30.7 Å². The molecule has 1 aromatic heterocycles. The summed E-state index contributed by atoms with van der Waals surface area (Å²) in [7, 11) is 0. The van der Waals surface area contributed by atoms with Crippen LogP contribution in [-0.4, -0.2) is 10.9 Å². The molecule has 1 heterocycles. The molecule has 2 rings (SSSR count). The van der Waals surface area contributed by atoms with Crippen molar-refractivity contribution in [3.05, 3.63) is 46.5 Å². The van der Waals surface area contributed by atoms with Crippen LogP contribution in [0.4, 0.5) is 13.9 Å². The van der Waals surface area contributed by atoms with Crippen LogP contribution in [0.25, 0.3) is 0 Å². The van der Waals surface area contributed by atoms with E-state index in [1.165, 1.54) is 23.5 Å². The number of nitrogens with zero attached hydrogens (tertiary/aromatic N) is 1. The zero-order valence-corrected chi connectivity index (χ0v) is 12.6. The van der Waals surface area contributed by atoms with E-state index in [1.54, 1.807) is 6.20 Å². The van der Waals surface area contributed by atoms with E-state index in [1.807, 2.05) is 13.8 Å². The van der Waals surface area contributed by atoms with Gasteiger partial charge in [0.1, 0.15) is 0 Å². The number of anilines is 1. The zero-order valence-electron chi connectivity index (χ0n) is 11.8. The van der Waals surface area contributed by atoms with E-state index < -0.39 is 11.6 Å². The molecule has 6 heteroatoms. The fraction of sp³-hybridized carbons (Fsp3) is 0.333. The number of nitrogens with one attached hydrogen (secondary N) is 1. The molecule has 0 aliphatic rings. The molecule has 112 valence electrons. The normalized spacial score (nSPS) is 12.2. The summed E-state index contributed by atoms with van der Waals surface area (Å²) in [6, 6.07) is 3.82. The molecule has 2 aromatic rings. The fourth-order valence-corrected chi connectivity index (χ4v) is 2.56. The third-order valence-corrected chi connectivity index (χ3v) is 4.12. The van der Waals surface area contributed by atoms with Crippen molar-refractivity contribution in [1.29, 1.82) is 0 Å². The number of benzene rings is 1. The van der Waals surface area contributed by atoms with E-state index >= 15 is 0 Å². The number of carbonyl (C=O) groups excluding carboxylic acids is 1. The highest BCUT2D eigenvalue weighted by atomic mass is 32.1. The van der Waals surface area contributed by atoms with Gasteiger partial charge >= 0.3 is 0 Å².